The third-order valence-electron chi connectivity index (χ3n) is 10.5. The third-order valence-corrected chi connectivity index (χ3v) is 13.0. The molecule has 3 heterocycles. The van der Waals surface area contributed by atoms with Crippen LogP contribution in [0.15, 0.2) is 188 Å². The quantitative estimate of drug-likeness (QED) is 0.170. The molecule has 0 fully saturated rings. The molecule has 11 rings (SSSR count). The van der Waals surface area contributed by atoms with Crippen LogP contribution in [0.2, 0.25) is 0 Å². The second kappa shape index (κ2) is 13.5. The van der Waals surface area contributed by atoms with Crippen molar-refractivity contribution in [3.63, 3.8) is 0 Å². The van der Waals surface area contributed by atoms with Crippen molar-refractivity contribution in [1.82, 2.24) is 15.0 Å². The van der Waals surface area contributed by atoms with Gasteiger partial charge in [0.2, 0.25) is 0 Å². The fourth-order valence-corrected chi connectivity index (χ4v) is 10.3. The molecule has 0 unspecified atom stereocenters. The normalized spacial score (nSPS) is 11.6. The molecule has 0 atom stereocenters. The monoisotopic (exact) mass is 749 g/mol. The molecule has 0 amide bonds. The molecular weight excluding hydrogens is 719 g/mol. The fraction of sp³-hybridized carbons (Fsp3) is 0. The Morgan fingerprint density at radius 2 is 0.768 bits per heavy atom. The van der Waals surface area contributed by atoms with Gasteiger partial charge < -0.3 is 0 Å². The maximum atomic E-state index is 5.10. The van der Waals surface area contributed by atoms with E-state index < -0.39 is 0 Å². The number of thiophene rings is 2. The van der Waals surface area contributed by atoms with Gasteiger partial charge in [-0.2, -0.15) is 0 Å². The lowest BCUT2D eigenvalue weighted by Crippen LogP contribution is -2.00. The SMILES string of the molecule is c1ccc(-c2ccc(-c3nc(-c4ccccc4)nc(-c4ccc5c(c4)sc4c(-c6cc(-c7ccccc7)c7sc8ccccc8c7c6)cccc45)n3)cc2)cc1. The second-order valence-electron chi connectivity index (χ2n) is 14.0. The zero-order chi connectivity index (χ0) is 37.0. The third kappa shape index (κ3) is 5.68. The van der Waals surface area contributed by atoms with Gasteiger partial charge in [-0.05, 0) is 52.1 Å². The van der Waals surface area contributed by atoms with Crippen molar-refractivity contribution in [2.75, 3.05) is 0 Å². The summed E-state index contributed by atoms with van der Waals surface area (Å²) in [6.45, 7) is 0. The van der Waals surface area contributed by atoms with Crippen LogP contribution >= 0.6 is 22.7 Å². The largest absolute Gasteiger partial charge is 0.208 e. The summed E-state index contributed by atoms with van der Waals surface area (Å²) in [4.78, 5) is 15.2. The van der Waals surface area contributed by atoms with Crippen LogP contribution in [0.4, 0.5) is 0 Å². The fourth-order valence-electron chi connectivity index (χ4n) is 7.77. The zero-order valence-corrected chi connectivity index (χ0v) is 31.7. The molecule has 0 radical (unpaired) electrons. The van der Waals surface area contributed by atoms with Crippen molar-refractivity contribution in [1.29, 1.82) is 0 Å². The van der Waals surface area contributed by atoms with E-state index in [4.69, 9.17) is 15.0 Å². The molecule has 0 saturated heterocycles. The minimum absolute atomic E-state index is 0.651. The van der Waals surface area contributed by atoms with Crippen molar-refractivity contribution in [3.05, 3.63) is 188 Å². The first-order chi connectivity index (χ1) is 27.7. The first kappa shape index (κ1) is 32.6. The molecule has 0 aliphatic rings. The van der Waals surface area contributed by atoms with Crippen LogP contribution in [0.25, 0.3) is 108 Å². The Morgan fingerprint density at radius 3 is 1.50 bits per heavy atom. The number of hydrogen-bond donors (Lipinski definition) is 0. The molecule has 56 heavy (non-hydrogen) atoms. The maximum absolute atomic E-state index is 5.10. The van der Waals surface area contributed by atoms with Crippen LogP contribution in [-0.4, -0.2) is 15.0 Å². The molecule has 0 bridgehead atoms. The standard InChI is InChI=1S/C51H31N3S2/c1-4-13-32(14-5-1)33-23-25-36(26-24-33)50-52-49(35-17-8-3-9-18-35)53-51(54-50)37-27-28-41-42-21-12-20-39(47(42)56-46(41)31-37)38-29-43(34-15-6-2-7-16-34)48-44(30-38)40-19-10-11-22-45(40)55-48/h1-31H. The number of rotatable bonds is 6. The molecule has 0 spiro atoms. The summed E-state index contributed by atoms with van der Waals surface area (Å²) < 4.78 is 5.11. The highest BCUT2D eigenvalue weighted by Gasteiger charge is 2.18. The second-order valence-corrected chi connectivity index (χ2v) is 16.1. The van der Waals surface area contributed by atoms with Crippen LogP contribution in [0, 0.1) is 0 Å². The number of hydrogen-bond acceptors (Lipinski definition) is 5. The summed E-state index contributed by atoms with van der Waals surface area (Å²) in [6.07, 6.45) is 0. The average molecular weight is 750 g/mol. The minimum atomic E-state index is 0.651. The van der Waals surface area contributed by atoms with E-state index >= 15 is 0 Å². The lowest BCUT2D eigenvalue weighted by Gasteiger charge is -2.10. The molecule has 0 aliphatic heterocycles. The van der Waals surface area contributed by atoms with Crippen LogP contribution in [0.1, 0.15) is 0 Å². The van der Waals surface area contributed by atoms with Crippen molar-refractivity contribution < 1.29 is 0 Å². The Kier molecular flexibility index (Phi) is 7.87. The summed E-state index contributed by atoms with van der Waals surface area (Å²) in [5.41, 5.74) is 10.2. The van der Waals surface area contributed by atoms with Gasteiger partial charge in [-0.1, -0.05) is 164 Å². The molecular formula is C51H31N3S2. The van der Waals surface area contributed by atoms with E-state index in [1.165, 1.54) is 68.2 Å². The van der Waals surface area contributed by atoms with E-state index in [1.54, 1.807) is 0 Å². The van der Waals surface area contributed by atoms with Gasteiger partial charge in [-0.25, -0.2) is 15.0 Å². The highest BCUT2D eigenvalue weighted by atomic mass is 32.1. The highest BCUT2D eigenvalue weighted by molar-refractivity contribution is 7.27. The zero-order valence-electron chi connectivity index (χ0n) is 30.1. The van der Waals surface area contributed by atoms with Crippen LogP contribution in [0.5, 0.6) is 0 Å². The van der Waals surface area contributed by atoms with Gasteiger partial charge in [-0.3, -0.25) is 0 Å². The van der Waals surface area contributed by atoms with Gasteiger partial charge >= 0.3 is 0 Å². The van der Waals surface area contributed by atoms with Gasteiger partial charge in [0.05, 0.1) is 0 Å². The molecule has 0 N–H and O–H groups in total. The maximum Gasteiger partial charge on any atom is 0.164 e. The highest BCUT2D eigenvalue weighted by Crippen LogP contribution is 2.46. The topological polar surface area (TPSA) is 38.7 Å². The number of fused-ring (bicyclic) bond motifs is 6. The van der Waals surface area contributed by atoms with E-state index in [-0.39, 0.29) is 0 Å². The van der Waals surface area contributed by atoms with Crippen molar-refractivity contribution in [2.24, 2.45) is 0 Å². The minimum Gasteiger partial charge on any atom is -0.208 e. The Balaban J connectivity index is 1.05. The summed E-state index contributed by atoms with van der Waals surface area (Å²) in [5.74, 6) is 1.96. The smallest absolute Gasteiger partial charge is 0.164 e. The van der Waals surface area contributed by atoms with Gasteiger partial charge in [0.25, 0.3) is 0 Å². The van der Waals surface area contributed by atoms with Crippen LogP contribution in [0.3, 0.4) is 0 Å². The predicted molar refractivity (Wildman–Crippen MR) is 238 cm³/mol. The van der Waals surface area contributed by atoms with Gasteiger partial charge in [0.1, 0.15) is 0 Å². The number of benzene rings is 8. The number of aromatic nitrogens is 3. The summed E-state index contributed by atoms with van der Waals surface area (Å²) >= 11 is 3.72. The molecule has 3 nitrogen and oxygen atoms in total. The van der Waals surface area contributed by atoms with Crippen LogP contribution < -0.4 is 0 Å². The molecule has 3 aromatic heterocycles. The predicted octanol–water partition coefficient (Wildman–Crippen LogP) is 14.6. The lowest BCUT2D eigenvalue weighted by atomic mass is 9.95. The number of nitrogens with zero attached hydrogens (tertiary/aromatic N) is 3. The summed E-state index contributed by atoms with van der Waals surface area (Å²) in [5, 5.41) is 5.09. The molecule has 0 saturated carbocycles. The molecule has 5 heteroatoms. The van der Waals surface area contributed by atoms with Crippen molar-refractivity contribution in [2.45, 2.75) is 0 Å². The Hall–Kier alpha value is -6.79. The van der Waals surface area contributed by atoms with E-state index in [9.17, 15) is 0 Å². The molecule has 0 aliphatic carbocycles. The molecule has 8 aromatic carbocycles. The lowest BCUT2D eigenvalue weighted by molar-refractivity contribution is 1.07. The van der Waals surface area contributed by atoms with E-state index in [2.05, 4.69) is 164 Å². The van der Waals surface area contributed by atoms with Crippen molar-refractivity contribution >= 4 is 63.0 Å². The van der Waals surface area contributed by atoms with Gasteiger partial charge in [-0.15, -0.1) is 22.7 Å². The summed E-state index contributed by atoms with van der Waals surface area (Å²) in [6, 6.07) is 66.8. The van der Waals surface area contributed by atoms with Gasteiger partial charge in [0.15, 0.2) is 17.5 Å². The first-order valence-electron chi connectivity index (χ1n) is 18.7. The van der Waals surface area contributed by atoms with E-state index in [0.717, 1.165) is 22.3 Å². The summed E-state index contributed by atoms with van der Waals surface area (Å²) in [7, 11) is 0. The Bertz CT molecular complexity index is 3220. The first-order valence-corrected chi connectivity index (χ1v) is 20.3. The van der Waals surface area contributed by atoms with E-state index in [1.807, 2.05) is 46.9 Å². The average Bonchev–Trinajstić information content (AvgIpc) is 3.85. The molecule has 262 valence electrons. The van der Waals surface area contributed by atoms with Gasteiger partial charge in [0, 0.05) is 62.6 Å². The Labute approximate surface area is 331 Å². The van der Waals surface area contributed by atoms with E-state index in [0.29, 0.717) is 17.5 Å². The van der Waals surface area contributed by atoms with Crippen molar-refractivity contribution in [3.8, 4) is 67.5 Å². The van der Waals surface area contributed by atoms with Crippen LogP contribution in [-0.2, 0) is 0 Å². The Morgan fingerprint density at radius 1 is 0.268 bits per heavy atom. The molecule has 11 aromatic rings.